The van der Waals surface area contributed by atoms with Crippen LogP contribution in [0.15, 0.2) is 64.5 Å². The van der Waals surface area contributed by atoms with Gasteiger partial charge in [-0.15, -0.1) is 24.8 Å². The maximum Gasteiger partial charge on any atom is 0.257 e. The molecule has 1 aromatic heterocycles. The van der Waals surface area contributed by atoms with E-state index in [4.69, 9.17) is 0 Å². The van der Waals surface area contributed by atoms with Crippen molar-refractivity contribution in [3.05, 3.63) is 76.1 Å². The lowest BCUT2D eigenvalue weighted by Gasteiger charge is -2.33. The number of hydrogen-bond donors (Lipinski definition) is 2. The minimum absolute atomic E-state index is 0. The lowest BCUT2D eigenvalue weighted by Crippen LogP contribution is -2.47. The molecule has 8 nitrogen and oxygen atoms in total. The number of piperazine rings is 1. The van der Waals surface area contributed by atoms with Gasteiger partial charge in [-0.3, -0.25) is 15.1 Å². The Bertz CT molecular complexity index is 1300. The number of anilines is 1. The summed E-state index contributed by atoms with van der Waals surface area (Å²) in [5.41, 5.74) is 6.76. The number of nitrogens with zero attached hydrogens (tertiary/aromatic N) is 3. The first-order chi connectivity index (χ1) is 15.3. The number of rotatable bonds is 6. The average Bonchev–Trinajstić information content (AvgIpc) is 2.77. The normalized spacial score (nSPS) is 15.4. The van der Waals surface area contributed by atoms with Crippen molar-refractivity contribution in [3.63, 3.8) is 0 Å². The molecule has 0 bridgehead atoms. The van der Waals surface area contributed by atoms with Crippen molar-refractivity contribution in [1.82, 2.24) is 14.2 Å². The van der Waals surface area contributed by atoms with Gasteiger partial charge in [0.05, 0.1) is 23.2 Å². The van der Waals surface area contributed by atoms with Crippen molar-refractivity contribution in [2.24, 2.45) is 5.10 Å². The van der Waals surface area contributed by atoms with Crippen LogP contribution >= 0.6 is 24.8 Å². The van der Waals surface area contributed by atoms with Crippen LogP contribution in [-0.2, 0) is 16.6 Å². The standard InChI is InChI=1S/C23H27N5O3S.2ClH/c1-17(21-15-19-5-3-4-6-22(19)24-23(21)29)25-26-20-9-7-18(8-10-20)16-27-11-13-28(14-12-27)32(2,30)31;;/h3-10,15,26H,11-14,16H2,1-2H3,(H,24,29);2*1H/b25-17+;;. The smallest absolute Gasteiger partial charge is 0.257 e. The Morgan fingerprint density at radius 2 is 1.68 bits per heavy atom. The molecule has 11 heteroatoms. The molecule has 2 heterocycles. The SMILES string of the molecule is C/C(=N\Nc1ccc(CN2CCN(S(C)(=O)=O)CC2)cc1)c1cc2ccccc2[nH]c1=O.Cl.Cl. The van der Waals surface area contributed by atoms with E-state index in [1.807, 2.05) is 54.6 Å². The van der Waals surface area contributed by atoms with Gasteiger partial charge >= 0.3 is 0 Å². The van der Waals surface area contributed by atoms with E-state index in [1.54, 1.807) is 6.92 Å². The minimum atomic E-state index is -3.11. The van der Waals surface area contributed by atoms with Gasteiger partial charge in [-0.05, 0) is 42.1 Å². The molecule has 0 spiro atoms. The third-order valence-electron chi connectivity index (χ3n) is 5.66. The second-order valence-corrected chi connectivity index (χ2v) is 10.0. The number of benzene rings is 2. The number of H-pyrrole nitrogens is 1. The molecule has 0 saturated carbocycles. The second kappa shape index (κ2) is 11.8. The van der Waals surface area contributed by atoms with Crippen molar-refractivity contribution in [2.45, 2.75) is 13.5 Å². The highest BCUT2D eigenvalue weighted by Gasteiger charge is 2.23. The Morgan fingerprint density at radius 3 is 2.32 bits per heavy atom. The van der Waals surface area contributed by atoms with Gasteiger partial charge in [0.2, 0.25) is 10.0 Å². The van der Waals surface area contributed by atoms with Gasteiger partial charge in [-0.2, -0.15) is 9.41 Å². The fraction of sp³-hybridized carbons (Fsp3) is 0.304. The monoisotopic (exact) mass is 525 g/mol. The molecule has 184 valence electrons. The molecule has 0 amide bonds. The predicted octanol–water partition coefficient (Wildman–Crippen LogP) is 3.29. The lowest BCUT2D eigenvalue weighted by molar-refractivity contribution is 0.182. The van der Waals surface area contributed by atoms with E-state index in [9.17, 15) is 13.2 Å². The van der Waals surface area contributed by atoms with E-state index in [2.05, 4.69) is 20.4 Å². The van der Waals surface area contributed by atoms with Crippen LogP contribution in [-0.4, -0.2) is 60.8 Å². The number of fused-ring (bicyclic) bond motifs is 1. The van der Waals surface area contributed by atoms with Gasteiger partial charge in [0.25, 0.3) is 5.56 Å². The van der Waals surface area contributed by atoms with Crippen molar-refractivity contribution in [2.75, 3.05) is 37.9 Å². The predicted molar refractivity (Wildman–Crippen MR) is 143 cm³/mol. The summed E-state index contributed by atoms with van der Waals surface area (Å²) in [6.45, 7) is 5.07. The maximum absolute atomic E-state index is 12.4. The van der Waals surface area contributed by atoms with Gasteiger partial charge in [0.15, 0.2) is 0 Å². The topological polar surface area (TPSA) is 97.9 Å². The van der Waals surface area contributed by atoms with Crippen molar-refractivity contribution >= 4 is 57.1 Å². The van der Waals surface area contributed by atoms with E-state index in [1.165, 1.54) is 10.6 Å². The summed E-state index contributed by atoms with van der Waals surface area (Å²) >= 11 is 0. The van der Waals surface area contributed by atoms with Crippen LogP contribution in [0.3, 0.4) is 0 Å². The number of aromatic amines is 1. The number of nitrogens with one attached hydrogen (secondary N) is 2. The van der Waals surface area contributed by atoms with Crippen LogP contribution in [0.2, 0.25) is 0 Å². The zero-order valence-electron chi connectivity index (χ0n) is 19.0. The summed E-state index contributed by atoms with van der Waals surface area (Å²) in [7, 11) is -3.11. The van der Waals surface area contributed by atoms with Crippen LogP contribution in [0.5, 0.6) is 0 Å². The quantitative estimate of drug-likeness (QED) is 0.380. The molecular formula is C23H29Cl2N5O3S. The molecule has 1 fully saturated rings. The van der Waals surface area contributed by atoms with Gasteiger partial charge in [-0.25, -0.2) is 8.42 Å². The highest BCUT2D eigenvalue weighted by Crippen LogP contribution is 2.15. The lowest BCUT2D eigenvalue weighted by atomic mass is 10.1. The molecule has 0 radical (unpaired) electrons. The average molecular weight is 526 g/mol. The Labute approximate surface area is 211 Å². The Morgan fingerprint density at radius 1 is 1.03 bits per heavy atom. The summed E-state index contributed by atoms with van der Waals surface area (Å²) in [4.78, 5) is 17.5. The molecule has 0 unspecified atom stereocenters. The molecule has 0 aliphatic carbocycles. The Balaban J connectivity index is 0.00000204. The molecule has 1 saturated heterocycles. The van der Waals surface area contributed by atoms with Crippen molar-refractivity contribution < 1.29 is 8.42 Å². The summed E-state index contributed by atoms with van der Waals surface area (Å²) in [5.74, 6) is 0. The fourth-order valence-corrected chi connectivity index (χ4v) is 4.61. The van der Waals surface area contributed by atoms with E-state index in [0.717, 1.165) is 41.8 Å². The van der Waals surface area contributed by atoms with Crippen molar-refractivity contribution in [3.8, 4) is 0 Å². The number of aromatic nitrogens is 1. The summed E-state index contributed by atoms with van der Waals surface area (Å²) in [6.07, 6.45) is 1.26. The second-order valence-electron chi connectivity index (χ2n) is 8.04. The minimum Gasteiger partial charge on any atom is -0.321 e. The number of hydrazone groups is 1. The van der Waals surface area contributed by atoms with E-state index < -0.39 is 10.0 Å². The summed E-state index contributed by atoms with van der Waals surface area (Å²) in [5, 5.41) is 5.34. The molecule has 1 aliphatic rings. The number of halogens is 2. The number of sulfonamides is 1. The number of hydrogen-bond acceptors (Lipinski definition) is 6. The Hall–Kier alpha value is -2.43. The zero-order chi connectivity index (χ0) is 22.7. The van der Waals surface area contributed by atoms with Gasteiger partial charge in [0, 0.05) is 38.2 Å². The van der Waals surface area contributed by atoms with Gasteiger partial charge in [-0.1, -0.05) is 30.3 Å². The molecule has 0 atom stereocenters. The van der Waals surface area contributed by atoms with E-state index in [0.29, 0.717) is 24.4 Å². The highest BCUT2D eigenvalue weighted by molar-refractivity contribution is 7.88. The molecule has 34 heavy (non-hydrogen) atoms. The van der Waals surface area contributed by atoms with Crippen LogP contribution in [0.1, 0.15) is 18.1 Å². The first kappa shape index (κ1) is 27.8. The maximum atomic E-state index is 12.4. The molecule has 1 aliphatic heterocycles. The van der Waals surface area contributed by atoms with Gasteiger partial charge < -0.3 is 4.98 Å². The molecule has 3 aromatic rings. The van der Waals surface area contributed by atoms with Crippen molar-refractivity contribution in [1.29, 1.82) is 0 Å². The van der Waals surface area contributed by atoms with Crippen LogP contribution in [0.4, 0.5) is 5.69 Å². The van der Waals surface area contributed by atoms with Crippen LogP contribution < -0.4 is 11.0 Å². The molecule has 2 aromatic carbocycles. The number of pyridine rings is 1. The zero-order valence-corrected chi connectivity index (χ0v) is 21.5. The van der Waals surface area contributed by atoms with Crippen LogP contribution in [0.25, 0.3) is 10.9 Å². The van der Waals surface area contributed by atoms with E-state index in [-0.39, 0.29) is 30.4 Å². The third-order valence-corrected chi connectivity index (χ3v) is 6.96. The first-order valence-corrected chi connectivity index (χ1v) is 12.3. The Kier molecular flexibility index (Phi) is 9.66. The van der Waals surface area contributed by atoms with E-state index >= 15 is 0 Å². The summed E-state index contributed by atoms with van der Waals surface area (Å²) < 4.78 is 24.8. The van der Waals surface area contributed by atoms with Crippen LogP contribution in [0, 0.1) is 0 Å². The molecule has 4 rings (SSSR count). The fourth-order valence-electron chi connectivity index (χ4n) is 3.79. The number of para-hydroxylation sites is 1. The molecule has 2 N–H and O–H groups in total. The summed E-state index contributed by atoms with van der Waals surface area (Å²) in [6, 6.07) is 17.4. The highest BCUT2D eigenvalue weighted by atomic mass is 35.5. The molecular weight excluding hydrogens is 497 g/mol. The third kappa shape index (κ3) is 6.80. The first-order valence-electron chi connectivity index (χ1n) is 10.5. The largest absolute Gasteiger partial charge is 0.321 e. The van der Waals surface area contributed by atoms with Gasteiger partial charge in [0.1, 0.15) is 0 Å².